The van der Waals surface area contributed by atoms with Crippen LogP contribution >= 0.6 is 0 Å². The van der Waals surface area contributed by atoms with E-state index in [2.05, 4.69) is 16.4 Å². The maximum absolute atomic E-state index is 3.71. The molecule has 0 amide bonds. The van der Waals surface area contributed by atoms with E-state index in [0.717, 1.165) is 11.3 Å². The Morgan fingerprint density at radius 3 is 1.54 bits per heavy atom. The zero-order valence-corrected chi connectivity index (χ0v) is 13.7. The van der Waals surface area contributed by atoms with Gasteiger partial charge in [-0.1, -0.05) is 34.6 Å². The van der Waals surface area contributed by atoms with Crippen molar-refractivity contribution in [1.82, 2.24) is 10.2 Å². The summed E-state index contributed by atoms with van der Waals surface area (Å²) in [4.78, 5) is 0. The number of hydrogen-bond donors (Lipinski definition) is 0. The van der Waals surface area contributed by atoms with Gasteiger partial charge in [0.25, 0.3) is 0 Å². The van der Waals surface area contributed by atoms with E-state index in [4.69, 9.17) is 0 Å². The molecule has 2 nitrogen and oxygen atoms in total. The maximum atomic E-state index is 3.71. The first kappa shape index (κ1) is 23.6. The van der Waals surface area contributed by atoms with Crippen molar-refractivity contribution < 1.29 is 51.3 Å². The van der Waals surface area contributed by atoms with Crippen LogP contribution in [0.3, 0.4) is 0 Å². The fraction of sp³-hybridized carbons (Fsp3) is 0.667. The molecule has 2 radical (unpaired) electrons. The van der Waals surface area contributed by atoms with Crippen molar-refractivity contribution in [1.29, 1.82) is 0 Å². The third-order valence-electron chi connectivity index (χ3n) is 0.960. The minimum atomic E-state index is 0. The molecule has 1 rings (SSSR count). The van der Waals surface area contributed by atoms with E-state index in [-0.39, 0.29) is 51.3 Å². The summed E-state index contributed by atoms with van der Waals surface area (Å²) in [5.41, 5.74) is 2.01. The molecule has 0 N–H and O–H groups in total. The molecule has 0 aliphatic heterocycles. The predicted octanol–water partition coefficient (Wildman–Crippen LogP) is 2.50. The van der Waals surface area contributed by atoms with Crippen LogP contribution in [0.4, 0.5) is 0 Å². The Bertz CT molecular complexity index is 150. The van der Waals surface area contributed by atoms with Gasteiger partial charge in [-0.05, 0) is 0 Å². The van der Waals surface area contributed by atoms with Gasteiger partial charge in [-0.2, -0.15) is 6.20 Å². The van der Waals surface area contributed by atoms with Crippen molar-refractivity contribution in [3.8, 4) is 0 Å². The smallest absolute Gasteiger partial charge is 0 e. The number of rotatable bonds is 0. The molecule has 0 aliphatic rings. The normalized spacial score (nSPS) is 6.00. The molecule has 0 fully saturated rings. The summed E-state index contributed by atoms with van der Waals surface area (Å²) in [6.07, 6.45) is 2.71. The minimum absolute atomic E-state index is 0. The summed E-state index contributed by atoms with van der Waals surface area (Å²) < 4.78 is 0. The van der Waals surface area contributed by atoms with Gasteiger partial charge in [0.15, 0.2) is 0 Å². The van der Waals surface area contributed by atoms with Crippen LogP contribution in [0.15, 0.2) is 0 Å². The second-order valence-corrected chi connectivity index (χ2v) is 1.52. The quantitative estimate of drug-likeness (QED) is 0.687. The van der Waals surface area contributed by atoms with Crippen molar-refractivity contribution in [2.24, 2.45) is 0 Å². The molecular formula is C9H18N2VY-2. The van der Waals surface area contributed by atoms with Gasteiger partial charge in [0.05, 0.1) is 0 Å². The first-order valence-corrected chi connectivity index (χ1v) is 4.15. The van der Waals surface area contributed by atoms with Gasteiger partial charge in [-0.15, -0.1) is 6.92 Å². The third-order valence-corrected chi connectivity index (χ3v) is 0.960. The third kappa shape index (κ3) is 12.9. The van der Waals surface area contributed by atoms with Crippen molar-refractivity contribution in [2.75, 3.05) is 0 Å². The topological polar surface area (TPSA) is 27.0 Å². The maximum Gasteiger partial charge on any atom is 0 e. The second kappa shape index (κ2) is 18.6. The van der Waals surface area contributed by atoms with Gasteiger partial charge in [-0.25, -0.2) is 5.56 Å². The molecule has 0 unspecified atom stereocenters. The minimum Gasteiger partial charge on any atom is -0.684 e. The summed E-state index contributed by atoms with van der Waals surface area (Å²) in [6.45, 7) is 11.9. The largest absolute Gasteiger partial charge is 0.684 e. The molecule has 0 aliphatic carbocycles. The Morgan fingerprint density at radius 2 is 1.46 bits per heavy atom. The Hall–Kier alpha value is 0.898. The molecule has 0 bridgehead atoms. The summed E-state index contributed by atoms with van der Waals surface area (Å²) in [5, 5.41) is 7.26. The van der Waals surface area contributed by atoms with Crippen molar-refractivity contribution in [2.45, 2.75) is 41.5 Å². The molecule has 4 heteroatoms. The number of hydrogen-bond acceptors (Lipinski definition) is 1. The summed E-state index contributed by atoms with van der Waals surface area (Å²) >= 11 is 0. The van der Waals surface area contributed by atoms with Gasteiger partial charge in [0.2, 0.25) is 0 Å². The van der Waals surface area contributed by atoms with E-state index in [0.29, 0.717) is 0 Å². The standard InChI is InChI=1S/C5H6N2.2C2H6.V.Y/c1-4-3-6-7-5(4)2;2*1-2;;/h1-2H3;2*1-2H3;;/q-2;;;;. The van der Waals surface area contributed by atoms with Crippen molar-refractivity contribution in [3.63, 3.8) is 0 Å². The number of aryl methyl sites for hydroxylation is 2. The van der Waals surface area contributed by atoms with Crippen molar-refractivity contribution in [3.05, 3.63) is 17.5 Å². The zero-order valence-electron chi connectivity index (χ0n) is 9.42. The van der Waals surface area contributed by atoms with Crippen LogP contribution in [0.1, 0.15) is 39.0 Å². The molecule has 0 atom stereocenters. The fourth-order valence-electron chi connectivity index (χ4n) is 0.331. The zero-order chi connectivity index (χ0) is 9.28. The molecule has 1 heterocycles. The average Bonchev–Trinajstić information content (AvgIpc) is 2.44. The van der Waals surface area contributed by atoms with Crippen LogP contribution in [0.2, 0.25) is 0 Å². The summed E-state index contributed by atoms with van der Waals surface area (Å²) in [5.74, 6) is 0. The van der Waals surface area contributed by atoms with Crippen LogP contribution in [0, 0.1) is 20.0 Å². The van der Waals surface area contributed by atoms with Gasteiger partial charge < -0.3 is 15.9 Å². The Morgan fingerprint density at radius 1 is 1.08 bits per heavy atom. The van der Waals surface area contributed by atoms with E-state index in [9.17, 15) is 0 Å². The van der Waals surface area contributed by atoms with E-state index >= 15 is 0 Å². The molecule has 74 valence electrons. The van der Waals surface area contributed by atoms with Gasteiger partial charge in [0, 0.05) is 51.3 Å². The molecule has 13 heavy (non-hydrogen) atoms. The van der Waals surface area contributed by atoms with Crippen LogP contribution in [-0.4, -0.2) is 5.10 Å². The van der Waals surface area contributed by atoms with Crippen LogP contribution in [0.25, 0.3) is 0 Å². The van der Waals surface area contributed by atoms with Gasteiger partial charge >= 0.3 is 0 Å². The Labute approximate surface area is 119 Å². The van der Waals surface area contributed by atoms with Crippen LogP contribution in [0.5, 0.6) is 0 Å². The van der Waals surface area contributed by atoms with E-state index in [1.54, 1.807) is 0 Å². The van der Waals surface area contributed by atoms with Crippen LogP contribution < -0.4 is 5.10 Å². The van der Waals surface area contributed by atoms with Gasteiger partial charge in [0.1, 0.15) is 0 Å². The average molecular weight is 294 g/mol. The van der Waals surface area contributed by atoms with E-state index in [1.165, 1.54) is 0 Å². The fourth-order valence-corrected chi connectivity index (χ4v) is 0.331. The summed E-state index contributed by atoms with van der Waals surface area (Å²) in [6, 6.07) is 0. The second-order valence-electron chi connectivity index (χ2n) is 1.52. The molecule has 0 aromatic carbocycles. The molecule has 0 saturated carbocycles. The van der Waals surface area contributed by atoms with Crippen molar-refractivity contribution >= 4 is 0 Å². The van der Waals surface area contributed by atoms with E-state index < -0.39 is 0 Å². The Kier molecular flexibility index (Phi) is 33.8. The molecule has 0 spiro atoms. The first-order valence-electron chi connectivity index (χ1n) is 4.15. The summed E-state index contributed by atoms with van der Waals surface area (Å²) in [7, 11) is 0. The first-order chi connectivity index (χ1) is 5.30. The van der Waals surface area contributed by atoms with E-state index in [1.807, 2.05) is 41.5 Å². The molecule has 1 aromatic heterocycles. The number of aromatic nitrogens is 2. The number of nitrogens with zero attached hydrogens (tertiary/aromatic N) is 2. The molecule has 0 saturated heterocycles. The monoisotopic (exact) mass is 294 g/mol. The molecule has 1 aromatic rings. The van der Waals surface area contributed by atoms with Gasteiger partial charge in [-0.3, -0.25) is 0 Å². The predicted molar refractivity (Wildman–Crippen MR) is 48.6 cm³/mol. The van der Waals surface area contributed by atoms with Crippen LogP contribution in [-0.2, 0) is 51.3 Å². The SMILES string of the molecule is CC.CC.Cc1[c-]n[n-]c1C.[V].[Y]. The Balaban J connectivity index is -0.0000000607. The molecular weight excluding hydrogens is 276 g/mol.